The van der Waals surface area contributed by atoms with Crippen molar-refractivity contribution in [1.29, 1.82) is 0 Å². The molecular weight excluding hydrogens is 554 g/mol. The Morgan fingerprint density at radius 1 is 0.929 bits per heavy atom. The van der Waals surface area contributed by atoms with Crippen LogP contribution in [0.3, 0.4) is 0 Å². The van der Waals surface area contributed by atoms with Crippen LogP contribution in [-0.2, 0) is 14.4 Å². The van der Waals surface area contributed by atoms with Crippen LogP contribution in [0.2, 0.25) is 0 Å². The van der Waals surface area contributed by atoms with Crippen LogP contribution in [0.15, 0.2) is 65.6 Å². The van der Waals surface area contributed by atoms with E-state index in [2.05, 4.69) is 24.5 Å². The summed E-state index contributed by atoms with van der Waals surface area (Å²) in [6, 6.07) is 18.2. The fourth-order valence-corrected chi connectivity index (χ4v) is 5.30. The monoisotopic (exact) mass is 587 g/mol. The van der Waals surface area contributed by atoms with Gasteiger partial charge in [-0.05, 0) is 78.1 Å². The Balaban J connectivity index is 1.40. The third kappa shape index (κ3) is 7.19. The summed E-state index contributed by atoms with van der Waals surface area (Å²) in [5.41, 5.74) is 4.78. The first-order valence-corrected chi connectivity index (χ1v) is 14.2. The Morgan fingerprint density at radius 2 is 1.64 bits per heavy atom. The number of hydrogen-bond acceptors (Lipinski definition) is 7. The fraction of sp³-hybridized carbons (Fsp3) is 0.250. The molecule has 2 N–H and O–H groups in total. The Bertz CT molecular complexity index is 1550. The van der Waals surface area contributed by atoms with Crippen LogP contribution in [0.4, 0.5) is 16.2 Å². The van der Waals surface area contributed by atoms with E-state index in [1.165, 1.54) is 7.11 Å². The number of imide groups is 1. The molecule has 0 saturated carbocycles. The summed E-state index contributed by atoms with van der Waals surface area (Å²) < 4.78 is 11.2. The number of nitrogens with zero attached hydrogens (tertiary/aromatic N) is 1. The van der Waals surface area contributed by atoms with Crippen molar-refractivity contribution in [2.45, 2.75) is 33.6 Å². The summed E-state index contributed by atoms with van der Waals surface area (Å²) in [7, 11) is 1.47. The van der Waals surface area contributed by atoms with Crippen LogP contribution < -0.4 is 20.1 Å². The van der Waals surface area contributed by atoms with Crippen molar-refractivity contribution in [3.63, 3.8) is 0 Å². The highest BCUT2D eigenvalue weighted by molar-refractivity contribution is 8.18. The molecule has 1 fully saturated rings. The number of hydrogen-bond donors (Lipinski definition) is 2. The number of aryl methyl sites for hydroxylation is 2. The van der Waals surface area contributed by atoms with Crippen LogP contribution in [0, 0.1) is 13.8 Å². The zero-order valence-electron chi connectivity index (χ0n) is 24.1. The zero-order chi connectivity index (χ0) is 30.4. The lowest BCUT2D eigenvalue weighted by Crippen LogP contribution is -2.36. The number of thioether (sulfide) groups is 1. The average molecular weight is 588 g/mol. The summed E-state index contributed by atoms with van der Waals surface area (Å²) >= 11 is 0.761. The van der Waals surface area contributed by atoms with Gasteiger partial charge < -0.3 is 20.1 Å². The van der Waals surface area contributed by atoms with Gasteiger partial charge in [0.25, 0.3) is 17.1 Å². The molecule has 0 unspecified atom stereocenters. The highest BCUT2D eigenvalue weighted by Gasteiger charge is 2.36. The Labute approximate surface area is 249 Å². The molecule has 218 valence electrons. The number of methoxy groups -OCH3 is 1. The van der Waals surface area contributed by atoms with Gasteiger partial charge in [0.15, 0.2) is 18.1 Å². The number of benzene rings is 3. The molecule has 0 aliphatic carbocycles. The molecule has 0 radical (unpaired) electrons. The number of carbonyl (C=O) groups is 4. The molecule has 1 aliphatic heterocycles. The molecular formula is C32H33N3O6S. The van der Waals surface area contributed by atoms with Crippen molar-refractivity contribution in [1.82, 2.24) is 4.90 Å². The van der Waals surface area contributed by atoms with Gasteiger partial charge in [-0.15, -0.1) is 0 Å². The molecule has 4 amide bonds. The molecule has 42 heavy (non-hydrogen) atoms. The first kappa shape index (κ1) is 30.4. The van der Waals surface area contributed by atoms with Crippen LogP contribution in [0.1, 0.15) is 42.0 Å². The topological polar surface area (TPSA) is 114 Å². The summed E-state index contributed by atoms with van der Waals surface area (Å²) in [5, 5.41) is 5.16. The zero-order valence-corrected chi connectivity index (χ0v) is 25.0. The van der Waals surface area contributed by atoms with Gasteiger partial charge in [-0.2, -0.15) is 0 Å². The SMILES string of the molecule is COc1cc(/C=C2\SC(=O)N(CC(=O)Nc3c(C)cccc3C)C2=O)ccc1OCC(=O)Nc1ccccc1C(C)C. The molecule has 0 spiro atoms. The van der Waals surface area contributed by atoms with Crippen LogP contribution in [0.25, 0.3) is 6.08 Å². The van der Waals surface area contributed by atoms with E-state index in [9.17, 15) is 19.2 Å². The second-order valence-corrected chi connectivity index (χ2v) is 11.1. The molecule has 3 aromatic carbocycles. The van der Waals surface area contributed by atoms with E-state index >= 15 is 0 Å². The van der Waals surface area contributed by atoms with Gasteiger partial charge >= 0.3 is 0 Å². The second-order valence-electron chi connectivity index (χ2n) is 10.1. The molecule has 1 heterocycles. The summed E-state index contributed by atoms with van der Waals surface area (Å²) in [6.07, 6.45) is 1.55. The van der Waals surface area contributed by atoms with E-state index in [1.54, 1.807) is 24.3 Å². The van der Waals surface area contributed by atoms with Gasteiger partial charge in [0.1, 0.15) is 6.54 Å². The number of para-hydroxylation sites is 2. The fourth-order valence-electron chi connectivity index (χ4n) is 4.46. The first-order valence-electron chi connectivity index (χ1n) is 13.4. The largest absolute Gasteiger partial charge is 0.493 e. The van der Waals surface area contributed by atoms with Gasteiger partial charge in [-0.25, -0.2) is 0 Å². The minimum atomic E-state index is -0.556. The normalized spacial score (nSPS) is 14.0. The van der Waals surface area contributed by atoms with E-state index in [4.69, 9.17) is 9.47 Å². The highest BCUT2D eigenvalue weighted by atomic mass is 32.2. The highest BCUT2D eigenvalue weighted by Crippen LogP contribution is 2.35. The van der Waals surface area contributed by atoms with E-state index in [0.717, 1.165) is 39.0 Å². The molecule has 3 aromatic rings. The molecule has 1 saturated heterocycles. The van der Waals surface area contributed by atoms with Crippen molar-refractivity contribution in [2.24, 2.45) is 0 Å². The molecule has 4 rings (SSSR count). The predicted molar refractivity (Wildman–Crippen MR) is 165 cm³/mol. The van der Waals surface area contributed by atoms with E-state index in [1.807, 2.05) is 56.3 Å². The van der Waals surface area contributed by atoms with Gasteiger partial charge in [-0.3, -0.25) is 24.1 Å². The Morgan fingerprint density at radius 3 is 2.33 bits per heavy atom. The van der Waals surface area contributed by atoms with Crippen molar-refractivity contribution in [3.8, 4) is 11.5 Å². The summed E-state index contributed by atoms with van der Waals surface area (Å²) in [4.78, 5) is 51.9. The summed E-state index contributed by atoms with van der Waals surface area (Å²) in [5.74, 6) is -0.388. The van der Waals surface area contributed by atoms with Gasteiger partial charge in [0.05, 0.1) is 12.0 Å². The third-order valence-electron chi connectivity index (χ3n) is 6.62. The number of carbonyl (C=O) groups excluding carboxylic acids is 4. The van der Waals surface area contributed by atoms with Gasteiger partial charge in [-0.1, -0.05) is 56.3 Å². The maximum atomic E-state index is 13.0. The molecule has 0 bridgehead atoms. The van der Waals surface area contributed by atoms with Crippen molar-refractivity contribution in [2.75, 3.05) is 30.9 Å². The molecule has 0 atom stereocenters. The number of rotatable bonds is 10. The minimum absolute atomic E-state index is 0.179. The van der Waals surface area contributed by atoms with Crippen LogP contribution in [0.5, 0.6) is 11.5 Å². The second kappa shape index (κ2) is 13.4. The number of anilines is 2. The van der Waals surface area contributed by atoms with E-state index < -0.39 is 23.6 Å². The van der Waals surface area contributed by atoms with Crippen LogP contribution in [-0.4, -0.2) is 48.1 Å². The maximum Gasteiger partial charge on any atom is 0.294 e. The minimum Gasteiger partial charge on any atom is -0.493 e. The molecule has 1 aliphatic rings. The van der Waals surface area contributed by atoms with E-state index in [-0.39, 0.29) is 23.3 Å². The first-order chi connectivity index (χ1) is 20.1. The number of nitrogens with one attached hydrogen (secondary N) is 2. The van der Waals surface area contributed by atoms with Gasteiger partial charge in [0.2, 0.25) is 5.91 Å². The summed E-state index contributed by atoms with van der Waals surface area (Å²) in [6.45, 7) is 7.23. The standard InChI is InChI=1S/C32H33N3O6S/c1-19(2)23-11-6-7-12-24(23)33-29(37)18-41-25-14-13-22(15-26(25)40-5)16-27-31(38)35(32(39)42-27)17-28(36)34-30-20(3)9-8-10-21(30)4/h6-16,19H,17-18H2,1-5H3,(H,33,37)(H,34,36)/b27-16-. The van der Waals surface area contributed by atoms with Crippen molar-refractivity contribution < 1.29 is 28.7 Å². The Hall–Kier alpha value is -4.57. The maximum absolute atomic E-state index is 13.0. The van der Waals surface area contributed by atoms with Crippen molar-refractivity contribution >= 4 is 52.2 Å². The number of ether oxygens (including phenoxy) is 2. The van der Waals surface area contributed by atoms with E-state index in [0.29, 0.717) is 22.7 Å². The quantitative estimate of drug-likeness (QED) is 0.274. The lowest BCUT2D eigenvalue weighted by atomic mass is 10.0. The molecule has 9 nitrogen and oxygen atoms in total. The average Bonchev–Trinajstić information content (AvgIpc) is 3.21. The predicted octanol–water partition coefficient (Wildman–Crippen LogP) is 6.13. The number of amides is 4. The van der Waals surface area contributed by atoms with Crippen molar-refractivity contribution in [3.05, 3.63) is 87.8 Å². The third-order valence-corrected chi connectivity index (χ3v) is 7.53. The molecule has 10 heteroatoms. The lowest BCUT2D eigenvalue weighted by Gasteiger charge is -2.15. The van der Waals surface area contributed by atoms with Gasteiger partial charge in [0, 0.05) is 11.4 Å². The lowest BCUT2D eigenvalue weighted by molar-refractivity contribution is -0.127. The smallest absolute Gasteiger partial charge is 0.294 e. The Kier molecular flexibility index (Phi) is 9.69. The van der Waals surface area contributed by atoms with Crippen LogP contribution >= 0.6 is 11.8 Å². The molecule has 0 aromatic heterocycles.